The molecule has 0 saturated carbocycles. The average Bonchev–Trinajstić information content (AvgIpc) is 3.46. The number of aromatic nitrogens is 5. The number of phenolic OH excluding ortho intramolecular Hbond substituents is 1. The molecule has 0 amide bonds. The summed E-state index contributed by atoms with van der Waals surface area (Å²) in [4.78, 5) is 6.69. The zero-order chi connectivity index (χ0) is 21.1. The van der Waals surface area contributed by atoms with Crippen molar-refractivity contribution < 1.29 is 5.11 Å². The van der Waals surface area contributed by atoms with Crippen LogP contribution in [0, 0.1) is 0 Å². The molecule has 158 valence electrons. The summed E-state index contributed by atoms with van der Waals surface area (Å²) in [6.45, 7) is 8.53. The van der Waals surface area contributed by atoms with Gasteiger partial charge in [-0.15, -0.1) is 10.2 Å². The van der Waals surface area contributed by atoms with Crippen molar-refractivity contribution in [3.8, 4) is 28.1 Å². The Bertz CT molecular complexity index is 968. The Balaban J connectivity index is 1.45. The van der Waals surface area contributed by atoms with E-state index in [1.807, 2.05) is 12.1 Å². The molecule has 8 nitrogen and oxygen atoms in total. The first kappa shape index (κ1) is 20.3. The third-order valence-electron chi connectivity index (χ3n) is 6.24. The molecule has 8 heteroatoms. The number of nitrogens with zero attached hydrogens (tertiary/aromatic N) is 5. The van der Waals surface area contributed by atoms with Crippen LogP contribution < -0.4 is 10.2 Å². The standard InChI is InChI=1S/C22H29N7O/c1-4-22(3,5-2)26-17-8-9-29(14-17)21-23-13-19(27-28-21)18-7-6-15(10-20(18)30)16-11-24-25-12-16/h6-7,10-13,17,26,30H,4-5,8-9,14H2,1-3H3,(H,24,25). The summed E-state index contributed by atoms with van der Waals surface area (Å²) in [7, 11) is 0. The van der Waals surface area contributed by atoms with Gasteiger partial charge in [-0.1, -0.05) is 19.9 Å². The normalized spacial score (nSPS) is 16.9. The fourth-order valence-electron chi connectivity index (χ4n) is 3.88. The van der Waals surface area contributed by atoms with E-state index in [2.05, 4.69) is 56.4 Å². The second-order valence-corrected chi connectivity index (χ2v) is 8.21. The molecule has 1 aromatic carbocycles. The van der Waals surface area contributed by atoms with Gasteiger partial charge in [-0.25, -0.2) is 4.98 Å². The van der Waals surface area contributed by atoms with Crippen LogP contribution in [0.3, 0.4) is 0 Å². The zero-order valence-electron chi connectivity index (χ0n) is 17.8. The number of phenols is 1. The molecule has 4 rings (SSSR count). The number of hydrogen-bond donors (Lipinski definition) is 3. The van der Waals surface area contributed by atoms with E-state index in [0.29, 0.717) is 23.2 Å². The molecule has 2 aromatic heterocycles. The summed E-state index contributed by atoms with van der Waals surface area (Å²) in [6, 6.07) is 5.88. The molecule has 0 aliphatic carbocycles. The lowest BCUT2D eigenvalue weighted by Crippen LogP contribution is -2.48. The zero-order valence-corrected chi connectivity index (χ0v) is 17.8. The van der Waals surface area contributed by atoms with E-state index < -0.39 is 0 Å². The van der Waals surface area contributed by atoms with Crippen LogP contribution in [0.4, 0.5) is 5.95 Å². The highest BCUT2D eigenvalue weighted by atomic mass is 16.3. The predicted molar refractivity (Wildman–Crippen MR) is 117 cm³/mol. The van der Waals surface area contributed by atoms with Gasteiger partial charge in [-0.3, -0.25) is 5.10 Å². The SMILES string of the molecule is CCC(C)(CC)NC1CCN(c2ncc(-c3ccc(-c4cn[nH]c4)cc3O)nn2)C1. The topological polar surface area (TPSA) is 103 Å². The lowest BCUT2D eigenvalue weighted by Gasteiger charge is -2.32. The van der Waals surface area contributed by atoms with Crippen molar-refractivity contribution in [3.63, 3.8) is 0 Å². The number of anilines is 1. The van der Waals surface area contributed by atoms with Crippen LogP contribution in [-0.2, 0) is 0 Å². The smallest absolute Gasteiger partial charge is 0.245 e. The molecule has 1 aliphatic rings. The molecular formula is C22H29N7O. The van der Waals surface area contributed by atoms with Gasteiger partial charge in [0.1, 0.15) is 11.4 Å². The molecular weight excluding hydrogens is 378 g/mol. The molecule has 1 aliphatic heterocycles. The first-order valence-corrected chi connectivity index (χ1v) is 10.6. The van der Waals surface area contributed by atoms with Crippen LogP contribution in [0.2, 0.25) is 0 Å². The van der Waals surface area contributed by atoms with Crippen molar-refractivity contribution in [1.82, 2.24) is 30.7 Å². The van der Waals surface area contributed by atoms with E-state index in [4.69, 9.17) is 0 Å². The predicted octanol–water partition coefficient (Wildman–Crippen LogP) is 3.38. The molecule has 1 atom stereocenters. The summed E-state index contributed by atoms with van der Waals surface area (Å²) < 4.78 is 0. The number of aromatic hydroxyl groups is 1. The maximum absolute atomic E-state index is 10.5. The fraction of sp³-hybridized carbons (Fsp3) is 0.455. The van der Waals surface area contributed by atoms with Gasteiger partial charge in [-0.2, -0.15) is 5.10 Å². The number of hydrogen-bond acceptors (Lipinski definition) is 7. The van der Waals surface area contributed by atoms with Crippen LogP contribution in [0.15, 0.2) is 36.8 Å². The highest BCUT2D eigenvalue weighted by Gasteiger charge is 2.30. The first-order chi connectivity index (χ1) is 14.5. The molecule has 1 fully saturated rings. The minimum Gasteiger partial charge on any atom is -0.507 e. The molecule has 0 radical (unpaired) electrons. The van der Waals surface area contributed by atoms with E-state index in [-0.39, 0.29) is 11.3 Å². The number of aromatic amines is 1. The second-order valence-electron chi connectivity index (χ2n) is 8.21. The number of H-pyrrole nitrogens is 1. The molecule has 3 aromatic rings. The summed E-state index contributed by atoms with van der Waals surface area (Å²) in [5.41, 5.74) is 3.12. The monoisotopic (exact) mass is 407 g/mol. The van der Waals surface area contributed by atoms with Crippen molar-refractivity contribution in [2.45, 2.75) is 51.6 Å². The largest absolute Gasteiger partial charge is 0.507 e. The van der Waals surface area contributed by atoms with Gasteiger partial charge in [0.25, 0.3) is 0 Å². The van der Waals surface area contributed by atoms with E-state index in [0.717, 1.165) is 43.5 Å². The lowest BCUT2D eigenvalue weighted by atomic mass is 9.94. The highest BCUT2D eigenvalue weighted by Crippen LogP contribution is 2.32. The highest BCUT2D eigenvalue weighted by molar-refractivity contribution is 5.73. The summed E-state index contributed by atoms with van der Waals surface area (Å²) in [6.07, 6.45) is 8.46. The van der Waals surface area contributed by atoms with Gasteiger partial charge in [0.15, 0.2) is 0 Å². The Morgan fingerprint density at radius 3 is 2.67 bits per heavy atom. The number of benzene rings is 1. The molecule has 0 bridgehead atoms. The van der Waals surface area contributed by atoms with Gasteiger partial charge < -0.3 is 15.3 Å². The minimum absolute atomic E-state index is 0.140. The summed E-state index contributed by atoms with van der Waals surface area (Å²) in [5, 5.41) is 29.6. The number of nitrogens with one attached hydrogen (secondary N) is 2. The number of rotatable bonds is 7. The van der Waals surface area contributed by atoms with Crippen molar-refractivity contribution in [2.24, 2.45) is 0 Å². The van der Waals surface area contributed by atoms with Crippen LogP contribution >= 0.6 is 0 Å². The van der Waals surface area contributed by atoms with E-state index in [1.54, 1.807) is 24.7 Å². The van der Waals surface area contributed by atoms with E-state index in [9.17, 15) is 5.11 Å². The molecule has 3 N–H and O–H groups in total. The minimum atomic E-state index is 0.140. The first-order valence-electron chi connectivity index (χ1n) is 10.6. The third-order valence-corrected chi connectivity index (χ3v) is 6.24. The lowest BCUT2D eigenvalue weighted by molar-refractivity contribution is 0.297. The Labute approximate surface area is 176 Å². The maximum Gasteiger partial charge on any atom is 0.245 e. The van der Waals surface area contributed by atoms with E-state index >= 15 is 0 Å². The average molecular weight is 408 g/mol. The molecule has 1 unspecified atom stereocenters. The summed E-state index contributed by atoms with van der Waals surface area (Å²) >= 11 is 0. The van der Waals surface area contributed by atoms with Crippen molar-refractivity contribution >= 4 is 5.95 Å². The van der Waals surface area contributed by atoms with Gasteiger partial charge >= 0.3 is 0 Å². The Kier molecular flexibility index (Phi) is 5.67. The molecule has 3 heterocycles. The third kappa shape index (κ3) is 4.14. The van der Waals surface area contributed by atoms with Gasteiger partial charge in [0.2, 0.25) is 5.95 Å². The molecule has 1 saturated heterocycles. The van der Waals surface area contributed by atoms with Crippen LogP contribution in [0.25, 0.3) is 22.4 Å². The summed E-state index contributed by atoms with van der Waals surface area (Å²) in [5.74, 6) is 0.772. The Morgan fingerprint density at radius 1 is 1.20 bits per heavy atom. The maximum atomic E-state index is 10.5. The van der Waals surface area contributed by atoms with Gasteiger partial charge in [0, 0.05) is 42.0 Å². The van der Waals surface area contributed by atoms with Crippen LogP contribution in [0.5, 0.6) is 5.75 Å². The van der Waals surface area contributed by atoms with Crippen molar-refractivity contribution in [1.29, 1.82) is 0 Å². The van der Waals surface area contributed by atoms with E-state index in [1.165, 1.54) is 0 Å². The van der Waals surface area contributed by atoms with Crippen LogP contribution in [-0.4, -0.2) is 55.2 Å². The quantitative estimate of drug-likeness (QED) is 0.552. The Hall–Kier alpha value is -3.00. The fourth-order valence-corrected chi connectivity index (χ4v) is 3.88. The van der Waals surface area contributed by atoms with Gasteiger partial charge in [-0.05, 0) is 43.9 Å². The molecule has 30 heavy (non-hydrogen) atoms. The van der Waals surface area contributed by atoms with Crippen molar-refractivity contribution in [2.75, 3.05) is 18.0 Å². The van der Waals surface area contributed by atoms with Gasteiger partial charge in [0.05, 0.1) is 12.4 Å². The Morgan fingerprint density at radius 2 is 2.03 bits per heavy atom. The molecule has 0 spiro atoms. The van der Waals surface area contributed by atoms with Crippen LogP contribution in [0.1, 0.15) is 40.0 Å². The second kappa shape index (κ2) is 8.39. The van der Waals surface area contributed by atoms with Crippen molar-refractivity contribution in [3.05, 3.63) is 36.8 Å².